The van der Waals surface area contributed by atoms with Gasteiger partial charge in [0.05, 0.1) is 17.3 Å². The molecule has 0 radical (unpaired) electrons. The summed E-state index contributed by atoms with van der Waals surface area (Å²) in [7, 11) is 0. The van der Waals surface area contributed by atoms with Crippen molar-refractivity contribution < 1.29 is 9.90 Å². The minimum Gasteiger partial charge on any atom is -0.506 e. The molecule has 0 aliphatic carbocycles. The van der Waals surface area contributed by atoms with Gasteiger partial charge in [0.1, 0.15) is 11.6 Å². The number of benzene rings is 1. The molecule has 0 unspecified atom stereocenters. The van der Waals surface area contributed by atoms with Crippen LogP contribution in [0.15, 0.2) is 42.7 Å². The molecule has 0 bridgehead atoms. The molecule has 0 saturated carbocycles. The Morgan fingerprint density at radius 2 is 2.04 bits per heavy atom. The monoisotopic (exact) mass is 309 g/mol. The van der Waals surface area contributed by atoms with Crippen LogP contribution >= 0.6 is 0 Å². The number of carbonyl (C=O) groups is 1. The lowest BCUT2D eigenvalue weighted by molar-refractivity contribution is 0.102. The van der Waals surface area contributed by atoms with Crippen LogP contribution in [0.25, 0.3) is 10.9 Å². The van der Waals surface area contributed by atoms with Gasteiger partial charge in [0.15, 0.2) is 0 Å². The van der Waals surface area contributed by atoms with Gasteiger partial charge in [-0.25, -0.2) is 4.98 Å². The van der Waals surface area contributed by atoms with E-state index in [1.807, 2.05) is 31.2 Å². The molecule has 2 aromatic heterocycles. The fraction of sp³-hybridized carbons (Fsp3) is 0.125. The number of pyridine rings is 1. The SMILES string of the molecule is CCNc1nc(NC(=O)c2cncc(O)c2)nc2ccccc12. The Bertz CT molecular complexity index is 866. The lowest BCUT2D eigenvalue weighted by atomic mass is 10.2. The predicted molar refractivity (Wildman–Crippen MR) is 87.6 cm³/mol. The Hall–Kier alpha value is -3.22. The lowest BCUT2D eigenvalue weighted by Crippen LogP contribution is -2.15. The van der Waals surface area contributed by atoms with Crippen molar-refractivity contribution in [2.45, 2.75) is 6.92 Å². The molecule has 3 aromatic rings. The molecule has 3 N–H and O–H groups in total. The molecule has 0 aliphatic heterocycles. The maximum Gasteiger partial charge on any atom is 0.259 e. The van der Waals surface area contributed by atoms with Crippen molar-refractivity contribution in [3.8, 4) is 5.75 Å². The van der Waals surface area contributed by atoms with Crippen molar-refractivity contribution in [3.63, 3.8) is 0 Å². The smallest absolute Gasteiger partial charge is 0.259 e. The topological polar surface area (TPSA) is 100 Å². The van der Waals surface area contributed by atoms with Gasteiger partial charge in [0, 0.05) is 18.1 Å². The van der Waals surface area contributed by atoms with E-state index in [0.717, 1.165) is 10.9 Å². The van der Waals surface area contributed by atoms with Crippen LogP contribution in [0, 0.1) is 0 Å². The molecule has 3 rings (SSSR count). The van der Waals surface area contributed by atoms with Gasteiger partial charge in [-0.15, -0.1) is 0 Å². The molecule has 23 heavy (non-hydrogen) atoms. The summed E-state index contributed by atoms with van der Waals surface area (Å²) in [5.41, 5.74) is 0.953. The van der Waals surface area contributed by atoms with Crippen LogP contribution in [0.2, 0.25) is 0 Å². The third kappa shape index (κ3) is 3.18. The second kappa shape index (κ2) is 6.27. The average molecular weight is 309 g/mol. The predicted octanol–water partition coefficient (Wildman–Crippen LogP) is 2.41. The number of anilines is 2. The molecule has 7 heteroatoms. The fourth-order valence-electron chi connectivity index (χ4n) is 2.16. The van der Waals surface area contributed by atoms with Crippen LogP contribution in [-0.2, 0) is 0 Å². The molecule has 0 aliphatic rings. The third-order valence-corrected chi connectivity index (χ3v) is 3.16. The van der Waals surface area contributed by atoms with Crippen molar-refractivity contribution in [1.29, 1.82) is 0 Å². The normalized spacial score (nSPS) is 10.5. The van der Waals surface area contributed by atoms with E-state index in [9.17, 15) is 9.90 Å². The van der Waals surface area contributed by atoms with E-state index in [4.69, 9.17) is 0 Å². The number of amides is 1. The zero-order valence-electron chi connectivity index (χ0n) is 12.4. The van der Waals surface area contributed by atoms with Gasteiger partial charge in [-0.1, -0.05) is 12.1 Å². The third-order valence-electron chi connectivity index (χ3n) is 3.16. The van der Waals surface area contributed by atoms with E-state index in [-0.39, 0.29) is 17.3 Å². The van der Waals surface area contributed by atoms with Gasteiger partial charge in [-0.3, -0.25) is 15.1 Å². The number of nitrogens with zero attached hydrogens (tertiary/aromatic N) is 3. The number of rotatable bonds is 4. The minimum atomic E-state index is -0.439. The number of para-hydroxylation sites is 1. The second-order valence-electron chi connectivity index (χ2n) is 4.83. The summed E-state index contributed by atoms with van der Waals surface area (Å²) in [6, 6.07) is 8.87. The summed E-state index contributed by atoms with van der Waals surface area (Å²) in [5.74, 6) is 0.326. The first-order valence-corrected chi connectivity index (χ1v) is 7.13. The zero-order chi connectivity index (χ0) is 16.2. The van der Waals surface area contributed by atoms with Crippen molar-refractivity contribution in [3.05, 3.63) is 48.3 Å². The molecule has 1 amide bonds. The summed E-state index contributed by atoms with van der Waals surface area (Å²) in [6.07, 6.45) is 2.62. The standard InChI is InChI=1S/C16H15N5O2/c1-2-18-14-12-5-3-4-6-13(12)19-16(20-14)21-15(23)10-7-11(22)9-17-8-10/h3-9,22H,2H2,1H3,(H2,18,19,20,21,23). The highest BCUT2D eigenvalue weighted by molar-refractivity contribution is 6.04. The second-order valence-corrected chi connectivity index (χ2v) is 4.83. The van der Waals surface area contributed by atoms with Crippen molar-refractivity contribution in [2.24, 2.45) is 0 Å². The quantitative estimate of drug-likeness (QED) is 0.684. The van der Waals surface area contributed by atoms with Crippen LogP contribution in [0.3, 0.4) is 0 Å². The molecule has 1 aromatic carbocycles. The first kappa shape index (κ1) is 14.7. The number of hydrogen-bond donors (Lipinski definition) is 3. The summed E-state index contributed by atoms with van der Waals surface area (Å²) in [5, 5.41) is 16.1. The van der Waals surface area contributed by atoms with E-state index >= 15 is 0 Å². The van der Waals surface area contributed by atoms with Crippen LogP contribution in [-0.4, -0.2) is 32.5 Å². The molecular formula is C16H15N5O2. The van der Waals surface area contributed by atoms with Crippen LogP contribution in [0.4, 0.5) is 11.8 Å². The van der Waals surface area contributed by atoms with Crippen LogP contribution < -0.4 is 10.6 Å². The highest BCUT2D eigenvalue weighted by Crippen LogP contribution is 2.22. The van der Waals surface area contributed by atoms with Gasteiger partial charge in [-0.2, -0.15) is 4.98 Å². The molecule has 2 heterocycles. The number of aromatic nitrogens is 3. The van der Waals surface area contributed by atoms with Crippen molar-refractivity contribution >= 4 is 28.6 Å². The number of fused-ring (bicyclic) bond motifs is 1. The molecular weight excluding hydrogens is 294 g/mol. The van der Waals surface area contributed by atoms with E-state index < -0.39 is 5.91 Å². The highest BCUT2D eigenvalue weighted by Gasteiger charge is 2.12. The summed E-state index contributed by atoms with van der Waals surface area (Å²) in [6.45, 7) is 2.67. The number of carbonyl (C=O) groups excluding carboxylic acids is 1. The molecule has 0 atom stereocenters. The van der Waals surface area contributed by atoms with E-state index in [1.165, 1.54) is 18.5 Å². The van der Waals surface area contributed by atoms with E-state index in [0.29, 0.717) is 12.4 Å². The minimum absolute atomic E-state index is 0.0783. The Morgan fingerprint density at radius 1 is 1.22 bits per heavy atom. The summed E-state index contributed by atoms with van der Waals surface area (Å²) in [4.78, 5) is 24.7. The Kier molecular flexibility index (Phi) is 4.01. The van der Waals surface area contributed by atoms with Crippen molar-refractivity contribution in [2.75, 3.05) is 17.2 Å². The van der Waals surface area contributed by atoms with Crippen LogP contribution in [0.5, 0.6) is 5.75 Å². The van der Waals surface area contributed by atoms with Gasteiger partial charge >= 0.3 is 0 Å². The van der Waals surface area contributed by atoms with Crippen LogP contribution in [0.1, 0.15) is 17.3 Å². The van der Waals surface area contributed by atoms with Gasteiger partial charge in [0.2, 0.25) is 5.95 Å². The fourth-order valence-corrected chi connectivity index (χ4v) is 2.16. The Labute approximate surface area is 132 Å². The number of hydrogen-bond acceptors (Lipinski definition) is 6. The zero-order valence-corrected chi connectivity index (χ0v) is 12.4. The van der Waals surface area contributed by atoms with Crippen molar-refractivity contribution in [1.82, 2.24) is 15.0 Å². The molecule has 0 saturated heterocycles. The van der Waals surface area contributed by atoms with Gasteiger partial charge in [0.25, 0.3) is 5.91 Å². The molecule has 0 fully saturated rings. The highest BCUT2D eigenvalue weighted by atomic mass is 16.3. The van der Waals surface area contributed by atoms with E-state index in [1.54, 1.807) is 0 Å². The first-order valence-electron chi connectivity index (χ1n) is 7.13. The molecule has 116 valence electrons. The van der Waals surface area contributed by atoms with Gasteiger partial charge < -0.3 is 10.4 Å². The Balaban J connectivity index is 1.95. The maximum absolute atomic E-state index is 12.2. The first-order chi connectivity index (χ1) is 11.2. The average Bonchev–Trinajstić information content (AvgIpc) is 2.55. The lowest BCUT2D eigenvalue weighted by Gasteiger charge is -2.10. The molecule has 7 nitrogen and oxygen atoms in total. The van der Waals surface area contributed by atoms with E-state index in [2.05, 4.69) is 25.6 Å². The Morgan fingerprint density at radius 3 is 2.83 bits per heavy atom. The summed E-state index contributed by atoms with van der Waals surface area (Å²) < 4.78 is 0. The summed E-state index contributed by atoms with van der Waals surface area (Å²) >= 11 is 0. The number of nitrogens with one attached hydrogen (secondary N) is 2. The van der Waals surface area contributed by atoms with Gasteiger partial charge in [-0.05, 0) is 25.1 Å². The largest absolute Gasteiger partial charge is 0.506 e. The number of aromatic hydroxyl groups is 1. The molecule has 0 spiro atoms. The maximum atomic E-state index is 12.2.